The van der Waals surface area contributed by atoms with Gasteiger partial charge >= 0.3 is 29.6 Å². The van der Waals surface area contributed by atoms with E-state index < -0.39 is 12.1 Å². The van der Waals surface area contributed by atoms with Gasteiger partial charge in [0.2, 0.25) is 0 Å². The van der Waals surface area contributed by atoms with Gasteiger partial charge in [-0.05, 0) is 49.1 Å². The van der Waals surface area contributed by atoms with Crippen molar-refractivity contribution in [2.75, 3.05) is 0 Å². The van der Waals surface area contributed by atoms with Crippen molar-refractivity contribution in [3.63, 3.8) is 0 Å². The summed E-state index contributed by atoms with van der Waals surface area (Å²) in [6.07, 6.45) is 2.85. The molecule has 0 bridgehead atoms. The summed E-state index contributed by atoms with van der Waals surface area (Å²) >= 11 is 0. The molecule has 92 valence electrons. The Labute approximate surface area is 130 Å². The summed E-state index contributed by atoms with van der Waals surface area (Å²) in [5.74, 6) is -0.994. The molecule has 0 heterocycles. The molecule has 1 aromatic carbocycles. The molecule has 0 aromatic heterocycles. The van der Waals surface area contributed by atoms with E-state index in [0.717, 1.165) is 24.8 Å². The first-order chi connectivity index (χ1) is 8.18. The molecule has 1 N–H and O–H groups in total. The Kier molecular flexibility index (Phi) is 6.36. The van der Waals surface area contributed by atoms with Crippen LogP contribution in [0.2, 0.25) is 0 Å². The maximum absolute atomic E-state index is 10.5. The number of carboxylic acid groups (broad SMARTS) is 1. The minimum atomic E-state index is -1.03. The van der Waals surface area contributed by atoms with Crippen molar-refractivity contribution < 1.29 is 44.6 Å². The summed E-state index contributed by atoms with van der Waals surface area (Å²) in [6, 6.07) is 7.88. The fourth-order valence-corrected chi connectivity index (χ4v) is 2.62. The van der Waals surface area contributed by atoms with E-state index in [4.69, 9.17) is 0 Å². The molecule has 0 fully saturated rings. The van der Waals surface area contributed by atoms with Crippen molar-refractivity contribution in [1.29, 1.82) is 0 Å². The minimum Gasteiger partial charge on any atom is -0.550 e. The average Bonchev–Trinajstić information content (AvgIpc) is 2.47. The number of hydrogen-bond acceptors (Lipinski definition) is 3. The third-order valence-corrected chi connectivity index (χ3v) is 3.56. The van der Waals surface area contributed by atoms with E-state index in [2.05, 4.69) is 0 Å². The van der Waals surface area contributed by atoms with Gasteiger partial charge in [-0.25, -0.2) is 0 Å². The van der Waals surface area contributed by atoms with E-state index >= 15 is 0 Å². The van der Waals surface area contributed by atoms with Crippen LogP contribution in [-0.2, 0) is 11.2 Å². The van der Waals surface area contributed by atoms with Crippen LogP contribution in [0, 0.1) is 5.92 Å². The molecule has 2 atom stereocenters. The molecule has 3 nitrogen and oxygen atoms in total. The van der Waals surface area contributed by atoms with E-state index in [-0.39, 0.29) is 41.9 Å². The SMILES string of the molecule is O=C([O-])CCC1CCCc2ccccc2C1O.[Na+]. The van der Waals surface area contributed by atoms with Crippen molar-refractivity contribution in [2.24, 2.45) is 5.92 Å². The molecule has 4 heteroatoms. The Balaban J connectivity index is 0.00000162. The number of fused-ring (bicyclic) bond motifs is 1. The first-order valence-corrected chi connectivity index (χ1v) is 6.14. The molecule has 0 aliphatic heterocycles. The number of rotatable bonds is 3. The smallest absolute Gasteiger partial charge is 0.550 e. The number of carbonyl (C=O) groups is 1. The zero-order valence-corrected chi connectivity index (χ0v) is 12.8. The molecule has 0 saturated carbocycles. The first kappa shape index (κ1) is 15.7. The molecule has 0 radical (unpaired) electrons. The third kappa shape index (κ3) is 3.82. The van der Waals surface area contributed by atoms with Gasteiger partial charge in [0, 0.05) is 5.97 Å². The molecule has 0 saturated heterocycles. The van der Waals surface area contributed by atoms with Gasteiger partial charge in [0.25, 0.3) is 0 Å². The molecule has 2 rings (SSSR count). The van der Waals surface area contributed by atoms with Crippen LogP contribution in [-0.4, -0.2) is 11.1 Å². The van der Waals surface area contributed by atoms with Gasteiger partial charge in [-0.1, -0.05) is 24.3 Å². The van der Waals surface area contributed by atoms with Gasteiger partial charge < -0.3 is 15.0 Å². The van der Waals surface area contributed by atoms with Gasteiger partial charge in [-0.2, -0.15) is 0 Å². The zero-order chi connectivity index (χ0) is 12.3. The largest absolute Gasteiger partial charge is 1.00 e. The van der Waals surface area contributed by atoms with Crippen molar-refractivity contribution in [3.05, 3.63) is 35.4 Å². The zero-order valence-electron chi connectivity index (χ0n) is 10.8. The van der Waals surface area contributed by atoms with E-state index in [1.807, 2.05) is 24.3 Å². The van der Waals surface area contributed by atoms with Gasteiger partial charge in [0.05, 0.1) is 6.10 Å². The number of carbonyl (C=O) groups excluding carboxylic acids is 1. The Hall–Kier alpha value is -0.350. The van der Waals surface area contributed by atoms with Crippen LogP contribution in [0.5, 0.6) is 0 Å². The summed E-state index contributed by atoms with van der Waals surface area (Å²) < 4.78 is 0. The van der Waals surface area contributed by atoms with Gasteiger partial charge in [0.1, 0.15) is 0 Å². The van der Waals surface area contributed by atoms with E-state index in [1.54, 1.807) is 0 Å². The van der Waals surface area contributed by atoms with Crippen molar-refractivity contribution in [3.8, 4) is 0 Å². The van der Waals surface area contributed by atoms with E-state index in [0.29, 0.717) is 6.42 Å². The van der Waals surface area contributed by atoms with Crippen molar-refractivity contribution >= 4 is 5.97 Å². The monoisotopic (exact) mass is 256 g/mol. The standard InChI is InChI=1S/C14H18O3.Na/c15-13(16)9-8-11-6-3-5-10-4-1-2-7-12(10)14(11)17;/h1-2,4,7,11,14,17H,3,5-6,8-9H2,(H,15,16);/q;+1/p-1. The fraction of sp³-hybridized carbons (Fsp3) is 0.500. The van der Waals surface area contributed by atoms with Crippen LogP contribution in [0.1, 0.15) is 42.9 Å². The number of carboxylic acids is 1. The van der Waals surface area contributed by atoms with Crippen molar-refractivity contribution in [2.45, 2.75) is 38.2 Å². The molecular weight excluding hydrogens is 239 g/mol. The van der Waals surface area contributed by atoms with E-state index in [9.17, 15) is 15.0 Å². The minimum absolute atomic E-state index is 0. The first-order valence-electron chi connectivity index (χ1n) is 6.14. The van der Waals surface area contributed by atoms with Crippen molar-refractivity contribution in [1.82, 2.24) is 0 Å². The fourth-order valence-electron chi connectivity index (χ4n) is 2.62. The second-order valence-corrected chi connectivity index (χ2v) is 4.71. The van der Waals surface area contributed by atoms with E-state index in [1.165, 1.54) is 5.56 Å². The Morgan fingerprint density at radius 2 is 2.11 bits per heavy atom. The predicted octanol–water partition coefficient (Wildman–Crippen LogP) is -1.79. The normalized spacial score (nSPS) is 22.5. The number of aliphatic carboxylic acids is 1. The maximum Gasteiger partial charge on any atom is 1.00 e. The molecule has 0 amide bonds. The van der Waals surface area contributed by atoms with Crippen LogP contribution in [0.4, 0.5) is 0 Å². The summed E-state index contributed by atoms with van der Waals surface area (Å²) in [5, 5.41) is 20.8. The predicted molar refractivity (Wildman–Crippen MR) is 62.1 cm³/mol. The number of aryl methyl sites for hydroxylation is 1. The maximum atomic E-state index is 10.5. The van der Waals surface area contributed by atoms with Crippen LogP contribution in [0.3, 0.4) is 0 Å². The quantitative estimate of drug-likeness (QED) is 0.513. The summed E-state index contributed by atoms with van der Waals surface area (Å²) in [7, 11) is 0. The Bertz CT molecular complexity index is 406. The van der Waals surface area contributed by atoms with Gasteiger partial charge in [-0.15, -0.1) is 0 Å². The second-order valence-electron chi connectivity index (χ2n) is 4.71. The summed E-state index contributed by atoms with van der Waals surface area (Å²) in [4.78, 5) is 10.5. The second kappa shape index (κ2) is 7.29. The summed E-state index contributed by atoms with van der Waals surface area (Å²) in [6.45, 7) is 0. The average molecular weight is 256 g/mol. The molecule has 18 heavy (non-hydrogen) atoms. The van der Waals surface area contributed by atoms with Crippen LogP contribution < -0.4 is 34.7 Å². The van der Waals surface area contributed by atoms with Crippen LogP contribution >= 0.6 is 0 Å². The molecular formula is C14H17NaO3. The Morgan fingerprint density at radius 1 is 1.39 bits per heavy atom. The molecule has 0 spiro atoms. The number of benzene rings is 1. The number of hydrogen-bond donors (Lipinski definition) is 1. The summed E-state index contributed by atoms with van der Waals surface area (Å²) in [5.41, 5.74) is 2.16. The number of aliphatic hydroxyl groups is 1. The van der Waals surface area contributed by atoms with Crippen LogP contribution in [0.15, 0.2) is 24.3 Å². The third-order valence-electron chi connectivity index (χ3n) is 3.56. The molecule has 1 aliphatic rings. The van der Waals surface area contributed by atoms with Crippen LogP contribution in [0.25, 0.3) is 0 Å². The molecule has 1 aliphatic carbocycles. The number of aliphatic hydroxyl groups excluding tert-OH is 1. The Morgan fingerprint density at radius 3 is 2.83 bits per heavy atom. The topological polar surface area (TPSA) is 60.4 Å². The van der Waals surface area contributed by atoms with Gasteiger partial charge in [-0.3, -0.25) is 0 Å². The van der Waals surface area contributed by atoms with Gasteiger partial charge in [0.15, 0.2) is 0 Å². The molecule has 1 aromatic rings. The molecule has 2 unspecified atom stereocenters.